The molecule has 2 heterocycles. The lowest BCUT2D eigenvalue weighted by Crippen LogP contribution is -2.39. The normalized spacial score (nSPS) is 21.7. The van der Waals surface area contributed by atoms with Gasteiger partial charge in [-0.15, -0.1) is 0 Å². The molecule has 1 aromatic heterocycles. The van der Waals surface area contributed by atoms with Crippen molar-refractivity contribution in [3.63, 3.8) is 0 Å². The number of piperidine rings is 1. The van der Waals surface area contributed by atoms with Crippen LogP contribution in [-0.2, 0) is 0 Å². The van der Waals surface area contributed by atoms with Crippen LogP contribution in [0.3, 0.4) is 0 Å². The van der Waals surface area contributed by atoms with Crippen LogP contribution >= 0.6 is 0 Å². The van der Waals surface area contributed by atoms with Gasteiger partial charge >= 0.3 is 0 Å². The van der Waals surface area contributed by atoms with Crippen molar-refractivity contribution in [3.05, 3.63) is 23.9 Å². The van der Waals surface area contributed by atoms with E-state index in [4.69, 9.17) is 0 Å². The first-order valence-electron chi connectivity index (χ1n) is 6.01. The molecule has 1 atom stereocenters. The second-order valence-corrected chi connectivity index (χ2v) is 4.39. The number of anilines is 1. The fraction of sp³-hybridized carbons (Fsp3) is 0.615. The van der Waals surface area contributed by atoms with Gasteiger partial charge in [-0.05, 0) is 44.7 Å². The number of hydrogen-bond acceptors (Lipinski definition) is 2. The van der Waals surface area contributed by atoms with Crippen molar-refractivity contribution < 1.29 is 0 Å². The van der Waals surface area contributed by atoms with Crippen molar-refractivity contribution >= 4 is 5.82 Å². The van der Waals surface area contributed by atoms with E-state index in [0.29, 0.717) is 6.04 Å². The van der Waals surface area contributed by atoms with Crippen LogP contribution in [0.25, 0.3) is 0 Å². The Labute approximate surface area is 92.3 Å². The van der Waals surface area contributed by atoms with Gasteiger partial charge in [-0.1, -0.05) is 13.0 Å². The van der Waals surface area contributed by atoms with Crippen molar-refractivity contribution in [2.24, 2.45) is 0 Å². The molecule has 1 aliphatic rings. The van der Waals surface area contributed by atoms with Gasteiger partial charge in [-0.25, -0.2) is 4.98 Å². The molecule has 15 heavy (non-hydrogen) atoms. The van der Waals surface area contributed by atoms with E-state index >= 15 is 0 Å². The number of nitrogens with zero attached hydrogens (tertiary/aromatic N) is 2. The van der Waals surface area contributed by atoms with Crippen LogP contribution < -0.4 is 4.90 Å². The molecule has 1 fully saturated rings. The molecule has 0 amide bonds. The Balaban J connectivity index is 2.20. The van der Waals surface area contributed by atoms with Gasteiger partial charge in [0.2, 0.25) is 0 Å². The van der Waals surface area contributed by atoms with Crippen molar-refractivity contribution in [2.45, 2.75) is 45.6 Å². The first-order chi connectivity index (χ1) is 7.31. The van der Waals surface area contributed by atoms with Crippen LogP contribution in [0.4, 0.5) is 5.82 Å². The molecule has 2 nitrogen and oxygen atoms in total. The molecule has 1 aromatic rings. The Morgan fingerprint density at radius 3 is 3.00 bits per heavy atom. The molecule has 0 bridgehead atoms. The molecule has 2 rings (SSSR count). The average molecular weight is 204 g/mol. The van der Waals surface area contributed by atoms with Gasteiger partial charge in [0.05, 0.1) is 0 Å². The summed E-state index contributed by atoms with van der Waals surface area (Å²) in [7, 11) is 0. The van der Waals surface area contributed by atoms with E-state index < -0.39 is 0 Å². The Kier molecular flexibility index (Phi) is 3.24. The van der Waals surface area contributed by atoms with Crippen LogP contribution in [-0.4, -0.2) is 17.6 Å². The molecular formula is C13H20N2. The zero-order chi connectivity index (χ0) is 10.7. The molecule has 1 saturated heterocycles. The fourth-order valence-corrected chi connectivity index (χ4v) is 2.42. The van der Waals surface area contributed by atoms with Crippen molar-refractivity contribution in [1.82, 2.24) is 4.98 Å². The SMILES string of the molecule is CCC1CCCCN1c1cccc(C)n1. The van der Waals surface area contributed by atoms with E-state index in [0.717, 1.165) is 5.69 Å². The predicted octanol–water partition coefficient (Wildman–Crippen LogP) is 3.16. The standard InChI is InChI=1S/C13H20N2/c1-3-12-8-4-5-10-15(12)13-9-6-7-11(2)14-13/h6-7,9,12H,3-5,8,10H2,1-2H3. The van der Waals surface area contributed by atoms with Crippen LogP contribution in [0.15, 0.2) is 18.2 Å². The first-order valence-corrected chi connectivity index (χ1v) is 6.01. The molecular weight excluding hydrogens is 184 g/mol. The number of aromatic nitrogens is 1. The van der Waals surface area contributed by atoms with E-state index in [-0.39, 0.29) is 0 Å². The van der Waals surface area contributed by atoms with Crippen LogP contribution in [0.5, 0.6) is 0 Å². The Morgan fingerprint density at radius 2 is 2.27 bits per heavy atom. The first kappa shape index (κ1) is 10.5. The number of rotatable bonds is 2. The third-order valence-electron chi connectivity index (χ3n) is 3.27. The zero-order valence-electron chi connectivity index (χ0n) is 9.74. The van der Waals surface area contributed by atoms with Gasteiger partial charge in [0.25, 0.3) is 0 Å². The monoisotopic (exact) mass is 204 g/mol. The third-order valence-corrected chi connectivity index (χ3v) is 3.27. The van der Waals surface area contributed by atoms with Gasteiger partial charge < -0.3 is 4.90 Å². The maximum atomic E-state index is 4.62. The summed E-state index contributed by atoms with van der Waals surface area (Å²) in [5.41, 5.74) is 1.12. The predicted molar refractivity (Wildman–Crippen MR) is 64.3 cm³/mol. The highest BCUT2D eigenvalue weighted by molar-refractivity contribution is 5.40. The summed E-state index contributed by atoms with van der Waals surface area (Å²) in [6, 6.07) is 7.02. The molecule has 0 spiro atoms. The number of aryl methyl sites for hydroxylation is 1. The molecule has 0 radical (unpaired) electrons. The van der Waals surface area contributed by atoms with Crippen molar-refractivity contribution in [1.29, 1.82) is 0 Å². The van der Waals surface area contributed by atoms with E-state index in [1.165, 1.54) is 38.0 Å². The smallest absolute Gasteiger partial charge is 0.129 e. The third kappa shape index (κ3) is 2.31. The lowest BCUT2D eigenvalue weighted by atomic mass is 10.00. The minimum absolute atomic E-state index is 0.702. The summed E-state index contributed by atoms with van der Waals surface area (Å²) in [4.78, 5) is 7.10. The highest BCUT2D eigenvalue weighted by Gasteiger charge is 2.21. The minimum Gasteiger partial charge on any atom is -0.354 e. The lowest BCUT2D eigenvalue weighted by Gasteiger charge is -2.36. The molecule has 1 aliphatic heterocycles. The lowest BCUT2D eigenvalue weighted by molar-refractivity contribution is 0.446. The maximum absolute atomic E-state index is 4.62. The molecule has 0 N–H and O–H groups in total. The molecule has 82 valence electrons. The van der Waals surface area contributed by atoms with Crippen LogP contribution in [0.2, 0.25) is 0 Å². The summed E-state index contributed by atoms with van der Waals surface area (Å²) < 4.78 is 0. The highest BCUT2D eigenvalue weighted by atomic mass is 15.2. The number of pyridine rings is 1. The van der Waals surface area contributed by atoms with E-state index in [9.17, 15) is 0 Å². The van der Waals surface area contributed by atoms with E-state index in [1.54, 1.807) is 0 Å². The van der Waals surface area contributed by atoms with Crippen LogP contribution in [0.1, 0.15) is 38.3 Å². The molecule has 1 unspecified atom stereocenters. The summed E-state index contributed by atoms with van der Waals surface area (Å²) in [5, 5.41) is 0. The fourth-order valence-electron chi connectivity index (χ4n) is 2.42. The number of hydrogen-bond donors (Lipinski definition) is 0. The largest absolute Gasteiger partial charge is 0.354 e. The van der Waals surface area contributed by atoms with Crippen molar-refractivity contribution in [2.75, 3.05) is 11.4 Å². The van der Waals surface area contributed by atoms with Gasteiger partial charge in [0.15, 0.2) is 0 Å². The Hall–Kier alpha value is -1.05. The Morgan fingerprint density at radius 1 is 1.40 bits per heavy atom. The van der Waals surface area contributed by atoms with E-state index in [2.05, 4.69) is 41.9 Å². The molecule has 0 aromatic carbocycles. The Bertz CT molecular complexity index is 322. The summed E-state index contributed by atoms with van der Waals surface area (Å²) >= 11 is 0. The second-order valence-electron chi connectivity index (χ2n) is 4.39. The molecule has 0 saturated carbocycles. The summed E-state index contributed by atoms with van der Waals surface area (Å²) in [5.74, 6) is 1.17. The van der Waals surface area contributed by atoms with Gasteiger partial charge in [-0.3, -0.25) is 0 Å². The topological polar surface area (TPSA) is 16.1 Å². The maximum Gasteiger partial charge on any atom is 0.129 e. The second kappa shape index (κ2) is 4.65. The van der Waals surface area contributed by atoms with Gasteiger partial charge in [-0.2, -0.15) is 0 Å². The van der Waals surface area contributed by atoms with Crippen LogP contribution in [0, 0.1) is 6.92 Å². The summed E-state index contributed by atoms with van der Waals surface area (Å²) in [6.07, 6.45) is 5.24. The van der Waals surface area contributed by atoms with Crippen molar-refractivity contribution in [3.8, 4) is 0 Å². The molecule has 2 heteroatoms. The average Bonchev–Trinajstić information content (AvgIpc) is 2.29. The zero-order valence-corrected chi connectivity index (χ0v) is 9.74. The molecule has 0 aliphatic carbocycles. The minimum atomic E-state index is 0.702. The summed E-state index contributed by atoms with van der Waals surface area (Å²) in [6.45, 7) is 5.52. The van der Waals surface area contributed by atoms with Gasteiger partial charge in [0, 0.05) is 18.3 Å². The van der Waals surface area contributed by atoms with Gasteiger partial charge in [0.1, 0.15) is 5.82 Å². The van der Waals surface area contributed by atoms with E-state index in [1.807, 2.05) is 0 Å². The highest BCUT2D eigenvalue weighted by Crippen LogP contribution is 2.24. The quantitative estimate of drug-likeness (QED) is 0.735.